The average molecular weight is 831 g/mol. The lowest BCUT2D eigenvalue weighted by molar-refractivity contribution is -0.226. The Hall–Kier alpha value is -3.00. The molecule has 1 aliphatic heterocycles. The number of aryl methyl sites for hydroxylation is 1. The molecule has 10 rings (SSSR count). The number of Topliss-reactive ketones (excluding diaryl/α,β-unsaturated/α-hetero) is 2. The van der Waals surface area contributed by atoms with Gasteiger partial charge in [-0.2, -0.15) is 0 Å². The van der Waals surface area contributed by atoms with Gasteiger partial charge in [0.05, 0.1) is 28.8 Å². The normalized spacial score (nSPS) is 38.6. The van der Waals surface area contributed by atoms with Gasteiger partial charge in [0, 0.05) is 54.9 Å². The van der Waals surface area contributed by atoms with E-state index in [9.17, 15) is 19.8 Å². The number of carbonyl (C=O) groups excluding carboxylic acids is 2. The summed E-state index contributed by atoms with van der Waals surface area (Å²) in [5.41, 5.74) is 7.88. The fourth-order valence-electron chi connectivity index (χ4n) is 16.5. The van der Waals surface area contributed by atoms with Crippen LogP contribution in [0.1, 0.15) is 167 Å². The number of nitrogens with one attached hydrogen (secondary N) is 1. The maximum atomic E-state index is 14.9. The van der Waals surface area contributed by atoms with Gasteiger partial charge in [0.2, 0.25) is 0 Å². The number of ketones is 2. The second-order valence-electron chi connectivity index (χ2n) is 23.3. The number of fused-ring (bicyclic) bond motifs is 6. The molecule has 3 N–H and O–H groups in total. The first-order valence-electron chi connectivity index (χ1n) is 24.5. The Morgan fingerprint density at radius 3 is 2.36 bits per heavy atom. The van der Waals surface area contributed by atoms with Gasteiger partial charge in [-0.3, -0.25) is 9.59 Å². The highest BCUT2D eigenvalue weighted by Gasteiger charge is 2.73. The second-order valence-corrected chi connectivity index (χ2v) is 23.3. The number of rotatable bonds is 10. The minimum atomic E-state index is -0.698. The van der Waals surface area contributed by atoms with Crippen molar-refractivity contribution in [2.24, 2.45) is 51.2 Å². The zero-order valence-electron chi connectivity index (χ0n) is 38.5. The number of carbonyl (C=O) groups is 2. The molecule has 0 radical (unpaired) electrons. The molecule has 1 aromatic carbocycles. The summed E-state index contributed by atoms with van der Waals surface area (Å²) in [7, 11) is 0. The second kappa shape index (κ2) is 14.5. The molecule has 6 aliphatic carbocycles. The number of allylic oxidation sites excluding steroid dienone is 1. The molecule has 7 nitrogen and oxygen atoms in total. The van der Waals surface area contributed by atoms with Gasteiger partial charge in [0.25, 0.3) is 0 Å². The Bertz CT molecular complexity index is 2270. The van der Waals surface area contributed by atoms with Crippen LogP contribution in [0.2, 0.25) is 0 Å². The van der Waals surface area contributed by atoms with Gasteiger partial charge in [0.1, 0.15) is 11.9 Å². The molecule has 2 aromatic heterocycles. The van der Waals surface area contributed by atoms with Gasteiger partial charge in [-0.25, -0.2) is 0 Å². The van der Waals surface area contributed by atoms with E-state index in [0.29, 0.717) is 43.4 Å². The van der Waals surface area contributed by atoms with Gasteiger partial charge >= 0.3 is 0 Å². The number of ether oxygens (including phenoxy) is 1. The standard InChI is InChI=1S/C54H74N2O5/c1-31-23-33(26-35(24-31)34-13-9-10-14-34)27-36-29-56(39-19-22-55-46(36)39)30-38-45-44(32(2)25-40(57)49-50(3,4)61-49)41(58)28-53(45,7)52(6)21-17-42-51(5,48(52)47(38)60)20-18-43(59)54(42,8)37-15-11-12-16-37/h19,22-24,26,29,32,34,37-38,40,42,47-49,55,57,60H,9-18,20-21,25,27-28,30H2,1-8H3/t32-,38-,40-,42-,47-,48-,49-,51-,52+,53+,54+/m1/s1. The Labute approximate surface area is 364 Å². The molecule has 7 heteroatoms. The molecule has 5 saturated carbocycles. The van der Waals surface area contributed by atoms with E-state index >= 15 is 0 Å². The van der Waals surface area contributed by atoms with Crippen molar-refractivity contribution < 1.29 is 24.5 Å². The number of aliphatic hydroxyl groups is 2. The fourth-order valence-corrected chi connectivity index (χ4v) is 16.5. The molecule has 0 amide bonds. The minimum absolute atomic E-state index is 0.0712. The van der Waals surface area contributed by atoms with Crippen molar-refractivity contribution in [3.05, 3.63) is 70.1 Å². The number of benzene rings is 1. The molecule has 11 atom stereocenters. The number of aromatic nitrogens is 2. The number of aliphatic hydroxyl groups excluding tert-OH is 2. The number of hydrogen-bond acceptors (Lipinski definition) is 5. The molecule has 6 fully saturated rings. The van der Waals surface area contributed by atoms with Gasteiger partial charge in [-0.15, -0.1) is 0 Å². The van der Waals surface area contributed by atoms with E-state index in [1.807, 2.05) is 20.0 Å². The van der Waals surface area contributed by atoms with Crippen molar-refractivity contribution >= 4 is 22.6 Å². The third kappa shape index (κ3) is 6.26. The maximum absolute atomic E-state index is 14.9. The highest BCUT2D eigenvalue weighted by atomic mass is 16.6. The predicted molar refractivity (Wildman–Crippen MR) is 241 cm³/mol. The third-order valence-corrected chi connectivity index (χ3v) is 19.6. The Balaban J connectivity index is 1.07. The summed E-state index contributed by atoms with van der Waals surface area (Å²) >= 11 is 0. The number of nitrogens with zero attached hydrogens (tertiary/aromatic N) is 1. The summed E-state index contributed by atoms with van der Waals surface area (Å²) in [4.78, 5) is 32.8. The summed E-state index contributed by atoms with van der Waals surface area (Å²) in [5, 5.41) is 25.1. The van der Waals surface area contributed by atoms with Gasteiger partial charge < -0.3 is 24.5 Å². The molecule has 3 aromatic rings. The molecule has 0 bridgehead atoms. The zero-order chi connectivity index (χ0) is 43.0. The molecule has 330 valence electrons. The summed E-state index contributed by atoms with van der Waals surface area (Å²) in [6.45, 7) is 18.5. The largest absolute Gasteiger partial charge is 0.392 e. The molecule has 7 aliphatic rings. The summed E-state index contributed by atoms with van der Waals surface area (Å²) in [5.74, 6) is 1.36. The lowest BCUT2D eigenvalue weighted by atomic mass is 9.34. The fraction of sp³-hybridized carbons (Fsp3) is 0.704. The first-order valence-corrected chi connectivity index (χ1v) is 24.5. The van der Waals surface area contributed by atoms with Gasteiger partial charge in [0.15, 0.2) is 5.78 Å². The highest BCUT2D eigenvalue weighted by Crippen LogP contribution is 2.76. The van der Waals surface area contributed by atoms with Crippen LogP contribution in [0.4, 0.5) is 0 Å². The van der Waals surface area contributed by atoms with E-state index in [-0.39, 0.29) is 57.4 Å². The van der Waals surface area contributed by atoms with Crippen LogP contribution in [0.5, 0.6) is 0 Å². The van der Waals surface area contributed by atoms with Crippen molar-refractivity contribution in [1.82, 2.24) is 9.55 Å². The van der Waals surface area contributed by atoms with Gasteiger partial charge in [-0.05, 0) is 146 Å². The van der Waals surface area contributed by atoms with E-state index in [1.54, 1.807) is 0 Å². The number of aromatic amines is 1. The van der Waals surface area contributed by atoms with Crippen LogP contribution in [-0.2, 0) is 27.3 Å². The van der Waals surface area contributed by atoms with E-state index in [4.69, 9.17) is 4.74 Å². The predicted octanol–water partition coefficient (Wildman–Crippen LogP) is 11.0. The minimum Gasteiger partial charge on any atom is -0.392 e. The summed E-state index contributed by atoms with van der Waals surface area (Å²) in [6, 6.07) is 9.37. The molecular formula is C54H74N2O5. The summed E-state index contributed by atoms with van der Waals surface area (Å²) in [6.07, 6.45) is 17.6. The number of H-pyrrole nitrogens is 1. The van der Waals surface area contributed by atoms with E-state index in [0.717, 1.165) is 60.7 Å². The van der Waals surface area contributed by atoms with Crippen LogP contribution in [0.3, 0.4) is 0 Å². The Kier molecular flexibility index (Phi) is 9.98. The zero-order valence-corrected chi connectivity index (χ0v) is 38.5. The quantitative estimate of drug-likeness (QED) is 0.176. The van der Waals surface area contributed by atoms with Crippen LogP contribution >= 0.6 is 0 Å². The topological polar surface area (TPSA) is 108 Å². The maximum Gasteiger partial charge on any atom is 0.160 e. The molecular weight excluding hydrogens is 757 g/mol. The van der Waals surface area contributed by atoms with E-state index in [1.165, 1.54) is 60.8 Å². The SMILES string of the molecule is Cc1cc(Cc2cn(C[C@@H]3C4=C([C@H](C)C[C@@H](O)[C@H]5OC5(C)C)C(=O)C[C@]4(C)[C@@]4(C)CC[C@@H]5[C@@](C)(CCC(=O)[C@@]5(C)C5CCCC5)[C@H]4[C@@H]3O)c3cc[nH]c23)cc(C2CCCC2)c1. The van der Waals surface area contributed by atoms with Crippen molar-refractivity contribution in [2.45, 2.75) is 188 Å². The lowest BCUT2D eigenvalue weighted by Crippen LogP contribution is -2.68. The van der Waals surface area contributed by atoms with Crippen LogP contribution in [0.15, 0.2) is 47.8 Å². The lowest BCUT2D eigenvalue weighted by Gasteiger charge is -2.70. The van der Waals surface area contributed by atoms with Crippen LogP contribution < -0.4 is 0 Å². The van der Waals surface area contributed by atoms with Crippen LogP contribution in [-0.4, -0.2) is 55.2 Å². The van der Waals surface area contributed by atoms with Crippen molar-refractivity contribution in [1.29, 1.82) is 0 Å². The molecule has 1 saturated heterocycles. The van der Waals surface area contributed by atoms with Crippen LogP contribution in [0, 0.1) is 58.2 Å². The van der Waals surface area contributed by atoms with Crippen LogP contribution in [0.25, 0.3) is 11.0 Å². The van der Waals surface area contributed by atoms with E-state index < -0.39 is 17.6 Å². The first kappa shape index (κ1) is 42.0. The van der Waals surface area contributed by atoms with Crippen molar-refractivity contribution in [3.63, 3.8) is 0 Å². The molecule has 0 unspecified atom stereocenters. The first-order chi connectivity index (χ1) is 28.9. The molecule has 3 heterocycles. The third-order valence-electron chi connectivity index (χ3n) is 19.6. The smallest absolute Gasteiger partial charge is 0.160 e. The van der Waals surface area contributed by atoms with Crippen molar-refractivity contribution in [2.75, 3.05) is 0 Å². The monoisotopic (exact) mass is 831 g/mol. The Morgan fingerprint density at radius 1 is 0.951 bits per heavy atom. The average Bonchev–Trinajstić information content (AvgIpc) is 3.93. The number of epoxide rings is 1. The molecule has 0 spiro atoms. The Morgan fingerprint density at radius 2 is 1.66 bits per heavy atom. The van der Waals surface area contributed by atoms with E-state index in [2.05, 4.69) is 81.6 Å². The van der Waals surface area contributed by atoms with Gasteiger partial charge in [-0.1, -0.05) is 84.1 Å². The van der Waals surface area contributed by atoms with Crippen molar-refractivity contribution in [3.8, 4) is 0 Å². The highest BCUT2D eigenvalue weighted by molar-refractivity contribution is 6.01. The summed E-state index contributed by atoms with van der Waals surface area (Å²) < 4.78 is 8.29. The number of hydrogen-bond donors (Lipinski definition) is 3. The molecule has 61 heavy (non-hydrogen) atoms.